The Hall–Kier alpha value is -3.22. The summed E-state index contributed by atoms with van der Waals surface area (Å²) in [4.78, 5) is 26.6. The quantitative estimate of drug-likeness (QED) is 0.721. The molecule has 2 aromatic rings. The maximum atomic E-state index is 12.6. The van der Waals surface area contributed by atoms with Crippen LogP contribution in [0.5, 0.6) is 11.5 Å². The lowest BCUT2D eigenvalue weighted by molar-refractivity contribution is -0.125. The summed E-state index contributed by atoms with van der Waals surface area (Å²) >= 11 is 0. The van der Waals surface area contributed by atoms with Gasteiger partial charge in [0.05, 0.1) is 14.2 Å². The number of carbonyl (C=O) groups is 2. The van der Waals surface area contributed by atoms with Crippen LogP contribution in [0.25, 0.3) is 0 Å². The van der Waals surface area contributed by atoms with Crippen LogP contribution in [-0.4, -0.2) is 50.3 Å². The van der Waals surface area contributed by atoms with Gasteiger partial charge in [-0.25, -0.2) is 4.79 Å². The average Bonchev–Trinajstić information content (AvgIpc) is 3.28. The van der Waals surface area contributed by atoms with E-state index in [0.717, 1.165) is 17.5 Å². The van der Waals surface area contributed by atoms with E-state index in [-0.39, 0.29) is 12.5 Å². The Morgan fingerprint density at radius 1 is 1.03 bits per heavy atom. The van der Waals surface area contributed by atoms with E-state index < -0.39 is 12.1 Å². The van der Waals surface area contributed by atoms with Gasteiger partial charge in [-0.15, -0.1) is 0 Å². The van der Waals surface area contributed by atoms with Crippen LogP contribution in [-0.2, 0) is 22.6 Å². The Labute approximate surface area is 176 Å². The summed E-state index contributed by atoms with van der Waals surface area (Å²) in [5, 5.41) is 2.94. The predicted octanol–water partition coefficient (Wildman–Crippen LogP) is 3.16. The van der Waals surface area contributed by atoms with Crippen molar-refractivity contribution in [1.29, 1.82) is 0 Å². The van der Waals surface area contributed by atoms with Gasteiger partial charge >= 0.3 is 6.09 Å². The number of rotatable bonds is 8. The van der Waals surface area contributed by atoms with Gasteiger partial charge in [0.25, 0.3) is 0 Å². The molecule has 1 fully saturated rings. The number of hydrogen-bond acceptors (Lipinski definition) is 5. The molecule has 1 saturated heterocycles. The van der Waals surface area contributed by atoms with Crippen molar-refractivity contribution in [2.24, 2.45) is 0 Å². The molecule has 30 heavy (non-hydrogen) atoms. The third kappa shape index (κ3) is 5.43. The summed E-state index contributed by atoms with van der Waals surface area (Å²) in [6.07, 6.45) is 1.63. The third-order valence-electron chi connectivity index (χ3n) is 5.16. The van der Waals surface area contributed by atoms with Gasteiger partial charge in [0.15, 0.2) is 11.5 Å². The normalized spacial score (nSPS) is 15.5. The number of nitrogens with one attached hydrogen (secondary N) is 1. The van der Waals surface area contributed by atoms with Gasteiger partial charge in [-0.1, -0.05) is 36.4 Å². The van der Waals surface area contributed by atoms with E-state index in [4.69, 9.17) is 14.2 Å². The molecule has 0 aromatic heterocycles. The molecular formula is C23H28N2O5. The van der Waals surface area contributed by atoms with Crippen LogP contribution < -0.4 is 14.8 Å². The van der Waals surface area contributed by atoms with Gasteiger partial charge in [-0.2, -0.15) is 0 Å². The van der Waals surface area contributed by atoms with Crippen LogP contribution in [0.1, 0.15) is 24.0 Å². The molecule has 0 saturated carbocycles. The summed E-state index contributed by atoms with van der Waals surface area (Å²) in [7, 11) is 3.19. The standard InChI is InChI=1S/C23H28N2O5/c1-28-20-11-10-17(15-21(20)29-2)12-13-24-22(26)19-9-6-14-25(19)23(27)30-16-18-7-4-3-5-8-18/h3-5,7-8,10-11,15,19H,6,9,12-14,16H2,1-2H3,(H,24,26). The topological polar surface area (TPSA) is 77.1 Å². The molecule has 0 radical (unpaired) electrons. The fourth-order valence-corrected chi connectivity index (χ4v) is 3.54. The first-order valence-electron chi connectivity index (χ1n) is 10.1. The van der Waals surface area contributed by atoms with E-state index in [9.17, 15) is 9.59 Å². The van der Waals surface area contributed by atoms with E-state index in [1.807, 2.05) is 48.5 Å². The Kier molecular flexibility index (Phi) is 7.54. The summed E-state index contributed by atoms with van der Waals surface area (Å²) < 4.78 is 15.9. The lowest BCUT2D eigenvalue weighted by atomic mass is 10.1. The van der Waals surface area contributed by atoms with Gasteiger partial charge in [0.1, 0.15) is 12.6 Å². The number of ether oxygens (including phenoxy) is 3. The summed E-state index contributed by atoms with van der Waals surface area (Å²) in [6, 6.07) is 14.7. The van der Waals surface area contributed by atoms with Gasteiger partial charge in [-0.05, 0) is 42.5 Å². The Morgan fingerprint density at radius 2 is 1.80 bits per heavy atom. The first-order chi connectivity index (χ1) is 14.6. The lowest BCUT2D eigenvalue weighted by Gasteiger charge is -2.23. The van der Waals surface area contributed by atoms with Crippen LogP contribution in [0.3, 0.4) is 0 Å². The first kappa shape index (κ1) is 21.5. The van der Waals surface area contributed by atoms with Crippen molar-refractivity contribution in [2.75, 3.05) is 27.3 Å². The largest absolute Gasteiger partial charge is 0.493 e. The maximum absolute atomic E-state index is 12.6. The van der Waals surface area contributed by atoms with Crippen LogP contribution in [0.2, 0.25) is 0 Å². The van der Waals surface area contributed by atoms with Crippen LogP contribution in [0.4, 0.5) is 4.79 Å². The SMILES string of the molecule is COc1ccc(CCNC(=O)C2CCCN2C(=O)OCc2ccccc2)cc1OC. The van der Waals surface area contributed by atoms with E-state index in [1.165, 1.54) is 4.90 Å². The molecule has 0 aliphatic carbocycles. The van der Waals surface area contributed by atoms with Gasteiger partial charge in [0.2, 0.25) is 5.91 Å². The van der Waals surface area contributed by atoms with E-state index >= 15 is 0 Å². The molecule has 160 valence electrons. The van der Waals surface area contributed by atoms with E-state index in [0.29, 0.717) is 37.4 Å². The van der Waals surface area contributed by atoms with Crippen molar-refractivity contribution in [3.05, 3.63) is 59.7 Å². The molecule has 7 heteroatoms. The molecule has 1 heterocycles. The minimum atomic E-state index is -0.487. The summed E-state index contributed by atoms with van der Waals surface area (Å²) in [6.45, 7) is 1.20. The minimum Gasteiger partial charge on any atom is -0.493 e. The number of carbonyl (C=O) groups excluding carboxylic acids is 2. The molecule has 1 N–H and O–H groups in total. The molecule has 7 nitrogen and oxygen atoms in total. The Morgan fingerprint density at radius 3 is 2.53 bits per heavy atom. The zero-order valence-corrected chi connectivity index (χ0v) is 17.4. The second-order valence-electron chi connectivity index (χ2n) is 7.12. The molecule has 1 unspecified atom stereocenters. The number of hydrogen-bond donors (Lipinski definition) is 1. The smallest absolute Gasteiger partial charge is 0.410 e. The third-order valence-corrected chi connectivity index (χ3v) is 5.16. The molecule has 1 atom stereocenters. The van der Waals surface area contributed by atoms with Gasteiger partial charge < -0.3 is 19.5 Å². The maximum Gasteiger partial charge on any atom is 0.410 e. The second kappa shape index (κ2) is 10.5. The fourth-order valence-electron chi connectivity index (χ4n) is 3.54. The average molecular weight is 412 g/mol. The monoisotopic (exact) mass is 412 g/mol. The molecule has 2 aromatic carbocycles. The molecular weight excluding hydrogens is 384 g/mol. The molecule has 1 aliphatic rings. The van der Waals surface area contributed by atoms with E-state index in [1.54, 1.807) is 14.2 Å². The zero-order valence-electron chi connectivity index (χ0n) is 17.4. The highest BCUT2D eigenvalue weighted by Crippen LogP contribution is 2.27. The highest BCUT2D eigenvalue weighted by Gasteiger charge is 2.34. The highest BCUT2D eigenvalue weighted by atomic mass is 16.6. The van der Waals surface area contributed by atoms with Crippen molar-refractivity contribution in [3.63, 3.8) is 0 Å². The lowest BCUT2D eigenvalue weighted by Crippen LogP contribution is -2.46. The molecule has 3 rings (SSSR count). The van der Waals surface area contributed by atoms with Crippen LogP contribution >= 0.6 is 0 Å². The molecule has 2 amide bonds. The second-order valence-corrected chi connectivity index (χ2v) is 7.12. The highest BCUT2D eigenvalue weighted by molar-refractivity contribution is 5.86. The van der Waals surface area contributed by atoms with Gasteiger partial charge in [-0.3, -0.25) is 9.69 Å². The van der Waals surface area contributed by atoms with Crippen molar-refractivity contribution in [1.82, 2.24) is 10.2 Å². The minimum absolute atomic E-state index is 0.148. The number of methoxy groups -OCH3 is 2. The summed E-state index contributed by atoms with van der Waals surface area (Å²) in [5.74, 6) is 1.18. The molecule has 1 aliphatic heterocycles. The fraction of sp³-hybridized carbons (Fsp3) is 0.391. The molecule has 0 spiro atoms. The number of amides is 2. The summed E-state index contributed by atoms with van der Waals surface area (Å²) in [5.41, 5.74) is 1.94. The number of nitrogens with zero attached hydrogens (tertiary/aromatic N) is 1. The van der Waals surface area contributed by atoms with Crippen molar-refractivity contribution in [2.45, 2.75) is 31.9 Å². The first-order valence-corrected chi connectivity index (χ1v) is 10.1. The number of benzene rings is 2. The molecule has 0 bridgehead atoms. The van der Waals surface area contributed by atoms with Gasteiger partial charge in [0, 0.05) is 13.1 Å². The Balaban J connectivity index is 1.49. The van der Waals surface area contributed by atoms with Crippen molar-refractivity contribution >= 4 is 12.0 Å². The van der Waals surface area contributed by atoms with Crippen LogP contribution in [0.15, 0.2) is 48.5 Å². The predicted molar refractivity (Wildman–Crippen MR) is 113 cm³/mol. The zero-order chi connectivity index (χ0) is 21.3. The van der Waals surface area contributed by atoms with Crippen LogP contribution in [0, 0.1) is 0 Å². The van der Waals surface area contributed by atoms with Crippen molar-refractivity contribution < 1.29 is 23.8 Å². The van der Waals surface area contributed by atoms with E-state index in [2.05, 4.69) is 5.32 Å². The van der Waals surface area contributed by atoms with Crippen molar-refractivity contribution in [3.8, 4) is 11.5 Å². The Bertz CT molecular complexity index is 856. The number of likely N-dealkylation sites (tertiary alicyclic amines) is 1.